The van der Waals surface area contributed by atoms with E-state index >= 15 is 0 Å². The van der Waals surface area contributed by atoms with Crippen LogP contribution in [0, 0.1) is 5.41 Å². The van der Waals surface area contributed by atoms with E-state index in [9.17, 15) is 4.79 Å². The highest BCUT2D eigenvalue weighted by Gasteiger charge is 2.29. The molecule has 0 unspecified atom stereocenters. The Morgan fingerprint density at radius 3 is 2.81 bits per heavy atom. The van der Waals surface area contributed by atoms with Gasteiger partial charge >= 0.3 is 0 Å². The zero-order valence-electron chi connectivity index (χ0n) is 10.2. The molecule has 0 radical (unpaired) electrons. The molecule has 0 saturated carbocycles. The second-order valence-corrected chi connectivity index (χ2v) is 5.24. The molecule has 1 aliphatic rings. The van der Waals surface area contributed by atoms with Crippen LogP contribution in [-0.4, -0.2) is 12.4 Å². The first-order valence-corrected chi connectivity index (χ1v) is 5.81. The minimum atomic E-state index is -0.0670. The first kappa shape index (κ1) is 11.2. The summed E-state index contributed by atoms with van der Waals surface area (Å²) in [4.78, 5) is 12.1. The summed E-state index contributed by atoms with van der Waals surface area (Å²) in [7, 11) is 0. The van der Waals surface area contributed by atoms with Gasteiger partial charge < -0.3 is 4.74 Å². The molecule has 86 valence electrons. The lowest BCUT2D eigenvalue weighted by Crippen LogP contribution is -2.21. The van der Waals surface area contributed by atoms with E-state index in [1.54, 1.807) is 0 Å². The van der Waals surface area contributed by atoms with Crippen molar-refractivity contribution in [1.82, 2.24) is 0 Å². The number of ketones is 1. The molecule has 0 aliphatic carbocycles. The van der Waals surface area contributed by atoms with E-state index in [-0.39, 0.29) is 11.2 Å². The maximum Gasteiger partial charge on any atom is 0.167 e. The fraction of sp³-hybridized carbons (Fsp3) is 0.500. The number of hydrogen-bond acceptors (Lipinski definition) is 2. The summed E-state index contributed by atoms with van der Waals surface area (Å²) in [5.41, 5.74) is 1.88. The summed E-state index contributed by atoms with van der Waals surface area (Å²) < 4.78 is 5.71. The van der Waals surface area contributed by atoms with Crippen LogP contribution >= 0.6 is 0 Å². The second kappa shape index (κ2) is 3.93. The van der Waals surface area contributed by atoms with Gasteiger partial charge in [0.15, 0.2) is 5.78 Å². The average molecular weight is 218 g/mol. The molecule has 2 heteroatoms. The molecule has 0 saturated heterocycles. The van der Waals surface area contributed by atoms with Crippen LogP contribution in [0.5, 0.6) is 5.75 Å². The molecule has 1 heterocycles. The van der Waals surface area contributed by atoms with E-state index in [1.165, 1.54) is 5.56 Å². The van der Waals surface area contributed by atoms with Crippen molar-refractivity contribution >= 4 is 5.78 Å². The largest absolute Gasteiger partial charge is 0.492 e. The Bertz CT molecular complexity index is 419. The molecule has 1 aliphatic heterocycles. The topological polar surface area (TPSA) is 26.3 Å². The molecule has 0 aromatic heterocycles. The summed E-state index contributed by atoms with van der Waals surface area (Å²) in [6.45, 7) is 6.83. The minimum Gasteiger partial charge on any atom is -0.492 e. The molecular formula is C14H18O2. The fourth-order valence-electron chi connectivity index (χ4n) is 1.99. The number of fused-ring (bicyclic) bond motifs is 1. The van der Waals surface area contributed by atoms with Crippen LogP contribution in [0.2, 0.25) is 0 Å². The summed E-state index contributed by atoms with van der Waals surface area (Å²) >= 11 is 0. The Morgan fingerprint density at radius 2 is 2.12 bits per heavy atom. The van der Waals surface area contributed by atoms with Gasteiger partial charge in [0, 0.05) is 11.8 Å². The molecule has 0 amide bonds. The number of aryl methyl sites for hydroxylation is 1. The normalized spacial score (nSPS) is 18.6. The van der Waals surface area contributed by atoms with E-state index in [0.717, 1.165) is 17.7 Å². The van der Waals surface area contributed by atoms with Gasteiger partial charge in [-0.3, -0.25) is 4.79 Å². The maximum absolute atomic E-state index is 12.1. The molecule has 0 spiro atoms. The van der Waals surface area contributed by atoms with Crippen LogP contribution in [0.15, 0.2) is 18.2 Å². The lowest BCUT2D eigenvalue weighted by Gasteiger charge is -2.19. The van der Waals surface area contributed by atoms with Crippen molar-refractivity contribution in [2.75, 3.05) is 6.61 Å². The molecular weight excluding hydrogens is 200 g/mol. The van der Waals surface area contributed by atoms with Gasteiger partial charge in [-0.2, -0.15) is 0 Å². The monoisotopic (exact) mass is 218 g/mol. The van der Waals surface area contributed by atoms with E-state index in [4.69, 9.17) is 4.74 Å². The fourth-order valence-corrected chi connectivity index (χ4v) is 1.99. The molecule has 0 bridgehead atoms. The smallest absolute Gasteiger partial charge is 0.167 e. The Balaban J connectivity index is 2.42. The van der Waals surface area contributed by atoms with Crippen LogP contribution in [0.25, 0.3) is 0 Å². The Kier molecular flexibility index (Phi) is 2.75. The average Bonchev–Trinajstić information content (AvgIpc) is 2.35. The van der Waals surface area contributed by atoms with Gasteiger partial charge in [0.25, 0.3) is 0 Å². The molecule has 2 rings (SSSR count). The van der Waals surface area contributed by atoms with Gasteiger partial charge in [-0.15, -0.1) is 0 Å². The molecule has 0 atom stereocenters. The van der Waals surface area contributed by atoms with Gasteiger partial charge in [0.2, 0.25) is 0 Å². The Hall–Kier alpha value is -1.31. The molecule has 2 nitrogen and oxygen atoms in total. The van der Waals surface area contributed by atoms with E-state index in [2.05, 4.69) is 20.8 Å². The van der Waals surface area contributed by atoms with Gasteiger partial charge in [-0.25, -0.2) is 0 Å². The third kappa shape index (κ3) is 2.11. The van der Waals surface area contributed by atoms with Gasteiger partial charge in [-0.05, 0) is 24.1 Å². The van der Waals surface area contributed by atoms with Crippen molar-refractivity contribution in [3.63, 3.8) is 0 Å². The standard InChI is InChI=1S/C14H18O2/c1-4-10-5-6-13-11(7-10)12(15)8-14(2,3)9-16-13/h5-7H,4,8-9H2,1-3H3. The SMILES string of the molecule is CCc1ccc2c(c1)C(=O)CC(C)(C)CO2. The predicted molar refractivity (Wildman–Crippen MR) is 64.0 cm³/mol. The molecule has 0 fully saturated rings. The number of rotatable bonds is 1. The Morgan fingerprint density at radius 1 is 1.38 bits per heavy atom. The maximum atomic E-state index is 12.1. The summed E-state index contributed by atoms with van der Waals surface area (Å²) in [5, 5.41) is 0. The van der Waals surface area contributed by atoms with Gasteiger partial charge in [-0.1, -0.05) is 26.8 Å². The molecule has 1 aromatic carbocycles. The second-order valence-electron chi connectivity index (χ2n) is 5.24. The van der Waals surface area contributed by atoms with E-state index in [0.29, 0.717) is 13.0 Å². The van der Waals surface area contributed by atoms with E-state index in [1.807, 2.05) is 18.2 Å². The van der Waals surface area contributed by atoms with Crippen LogP contribution in [0.1, 0.15) is 43.1 Å². The quantitative estimate of drug-likeness (QED) is 0.723. The third-order valence-electron chi connectivity index (χ3n) is 3.01. The van der Waals surface area contributed by atoms with Crippen molar-refractivity contribution in [3.05, 3.63) is 29.3 Å². The molecule has 1 aromatic rings. The van der Waals surface area contributed by atoms with Crippen LogP contribution in [0.4, 0.5) is 0 Å². The zero-order valence-corrected chi connectivity index (χ0v) is 10.2. The van der Waals surface area contributed by atoms with Crippen LogP contribution in [-0.2, 0) is 6.42 Å². The number of carbonyl (C=O) groups is 1. The predicted octanol–water partition coefficient (Wildman–Crippen LogP) is 3.24. The van der Waals surface area contributed by atoms with Crippen molar-refractivity contribution in [1.29, 1.82) is 0 Å². The highest BCUT2D eigenvalue weighted by Crippen LogP contribution is 2.32. The summed E-state index contributed by atoms with van der Waals surface area (Å²) in [5.74, 6) is 0.945. The molecule has 16 heavy (non-hydrogen) atoms. The number of benzene rings is 1. The van der Waals surface area contributed by atoms with Crippen molar-refractivity contribution in [2.45, 2.75) is 33.6 Å². The lowest BCUT2D eigenvalue weighted by atomic mass is 9.87. The first-order chi connectivity index (χ1) is 7.52. The van der Waals surface area contributed by atoms with Crippen LogP contribution in [0.3, 0.4) is 0 Å². The van der Waals surface area contributed by atoms with Gasteiger partial charge in [0.05, 0.1) is 12.2 Å². The van der Waals surface area contributed by atoms with Gasteiger partial charge in [0.1, 0.15) is 5.75 Å². The lowest BCUT2D eigenvalue weighted by molar-refractivity contribution is 0.0918. The summed E-state index contributed by atoms with van der Waals surface area (Å²) in [6.07, 6.45) is 1.51. The highest BCUT2D eigenvalue weighted by atomic mass is 16.5. The number of ether oxygens (including phenoxy) is 1. The zero-order chi connectivity index (χ0) is 11.8. The highest BCUT2D eigenvalue weighted by molar-refractivity contribution is 5.99. The Labute approximate surface area is 96.6 Å². The third-order valence-corrected chi connectivity index (χ3v) is 3.01. The first-order valence-electron chi connectivity index (χ1n) is 5.81. The minimum absolute atomic E-state index is 0.0670. The molecule has 0 N–H and O–H groups in total. The number of Topliss-reactive ketones (excluding diaryl/α,β-unsaturated/α-hetero) is 1. The van der Waals surface area contributed by atoms with Crippen LogP contribution < -0.4 is 4.74 Å². The van der Waals surface area contributed by atoms with Crippen molar-refractivity contribution in [3.8, 4) is 5.75 Å². The number of carbonyl (C=O) groups excluding carboxylic acids is 1. The number of hydrogen-bond donors (Lipinski definition) is 0. The van der Waals surface area contributed by atoms with Crippen molar-refractivity contribution in [2.24, 2.45) is 5.41 Å². The van der Waals surface area contributed by atoms with Crippen molar-refractivity contribution < 1.29 is 9.53 Å². The summed E-state index contributed by atoms with van der Waals surface area (Å²) in [6, 6.07) is 5.93. The van der Waals surface area contributed by atoms with E-state index < -0.39 is 0 Å².